The average molecular weight is 806 g/mol. The third-order valence-electron chi connectivity index (χ3n) is 10.3. The summed E-state index contributed by atoms with van der Waals surface area (Å²) in [4.78, 5) is 53.5. The molecule has 1 saturated heterocycles. The molecule has 1 aromatic heterocycles. The van der Waals surface area contributed by atoms with E-state index in [0.717, 1.165) is 16.7 Å². The maximum atomic E-state index is 13.1. The van der Waals surface area contributed by atoms with E-state index >= 15 is 0 Å². The molecule has 0 radical (unpaired) electrons. The Hall–Kier alpha value is -7.04. The van der Waals surface area contributed by atoms with Crippen molar-refractivity contribution < 1.29 is 33.6 Å². The molecule has 7 rings (SSSR count). The summed E-state index contributed by atoms with van der Waals surface area (Å²) in [6, 6.07) is 40.6. The van der Waals surface area contributed by atoms with Crippen LogP contribution in [0.3, 0.4) is 0 Å². The van der Waals surface area contributed by atoms with Crippen molar-refractivity contribution in [3.63, 3.8) is 0 Å². The van der Waals surface area contributed by atoms with Crippen LogP contribution in [-0.2, 0) is 26.3 Å². The number of ether oxygens (including phenoxy) is 4. The summed E-state index contributed by atoms with van der Waals surface area (Å²) in [5, 5.41) is 14.0. The van der Waals surface area contributed by atoms with E-state index in [1.165, 1.54) is 10.8 Å². The van der Waals surface area contributed by atoms with Crippen LogP contribution in [0.5, 0.6) is 11.5 Å². The van der Waals surface area contributed by atoms with Crippen LogP contribution in [0, 0.1) is 11.8 Å². The number of hydrogen-bond donors (Lipinski definition) is 3. The molecule has 3 atom stereocenters. The van der Waals surface area contributed by atoms with Crippen LogP contribution in [0.2, 0.25) is 0 Å². The number of amides is 1. The summed E-state index contributed by atoms with van der Waals surface area (Å²) >= 11 is 0. The summed E-state index contributed by atoms with van der Waals surface area (Å²) in [5.74, 6) is 6.43. The van der Waals surface area contributed by atoms with Crippen molar-refractivity contribution >= 4 is 11.7 Å². The summed E-state index contributed by atoms with van der Waals surface area (Å²) < 4.78 is 25.3. The van der Waals surface area contributed by atoms with Crippen LogP contribution >= 0.6 is 0 Å². The number of aromatic amines is 1. The van der Waals surface area contributed by atoms with Gasteiger partial charge in [0.15, 0.2) is 5.78 Å². The number of ketones is 1. The molecule has 3 N–H and O–H groups in total. The number of aromatic nitrogens is 2. The number of hydrogen-bond acceptors (Lipinski definition) is 9. The number of carbonyl (C=O) groups excluding carboxylic acids is 2. The molecule has 304 valence electrons. The molecule has 1 aliphatic heterocycles. The highest BCUT2D eigenvalue weighted by Crippen LogP contribution is 2.42. The second kappa shape index (κ2) is 18.7. The highest BCUT2D eigenvalue weighted by Gasteiger charge is 2.42. The van der Waals surface area contributed by atoms with E-state index in [1.54, 1.807) is 62.8 Å². The molecule has 1 fully saturated rings. The lowest BCUT2D eigenvalue weighted by molar-refractivity contribution is -0.120. The van der Waals surface area contributed by atoms with Gasteiger partial charge >= 0.3 is 5.69 Å². The number of nitrogens with zero attached hydrogens (tertiary/aromatic N) is 1. The lowest BCUT2D eigenvalue weighted by Crippen LogP contribution is -2.38. The summed E-state index contributed by atoms with van der Waals surface area (Å²) in [7, 11) is 3.19. The molecule has 12 nitrogen and oxygen atoms in total. The SMILES string of the molecule is COc1ccc(C(OC[C@H]2O[C@@H](n3cc(C#CCNC(=O)Cc4ccc(C(=O)c5ccccc5)cc4)c(=O)[nH]c3=O)C[C@@H]2O)(c2ccccc2)c2ccc(OC)cc2)cc1. The predicted octanol–water partition coefficient (Wildman–Crippen LogP) is 5.15. The van der Waals surface area contributed by atoms with E-state index in [0.29, 0.717) is 28.2 Å². The fourth-order valence-corrected chi connectivity index (χ4v) is 7.17. The van der Waals surface area contributed by atoms with Gasteiger partial charge in [-0.1, -0.05) is 121 Å². The first-order valence-electron chi connectivity index (χ1n) is 19.3. The number of benzene rings is 5. The molecule has 0 spiro atoms. The molecule has 0 unspecified atom stereocenters. The smallest absolute Gasteiger partial charge is 0.330 e. The number of rotatable bonds is 14. The van der Waals surface area contributed by atoms with Gasteiger partial charge in [-0.15, -0.1) is 0 Å². The van der Waals surface area contributed by atoms with Crippen molar-refractivity contribution in [1.29, 1.82) is 0 Å². The zero-order valence-corrected chi connectivity index (χ0v) is 33.0. The maximum absolute atomic E-state index is 13.1. The van der Waals surface area contributed by atoms with Crippen LogP contribution in [0.1, 0.15) is 56.4 Å². The number of aliphatic hydroxyl groups excluding tert-OH is 1. The number of aliphatic hydroxyl groups is 1. The van der Waals surface area contributed by atoms with Gasteiger partial charge in [0, 0.05) is 23.7 Å². The molecule has 5 aromatic carbocycles. The Balaban J connectivity index is 1.03. The Kier molecular flexibility index (Phi) is 12.8. The Morgan fingerprint density at radius 2 is 1.37 bits per heavy atom. The fraction of sp³-hybridized carbons (Fsp3) is 0.208. The predicted molar refractivity (Wildman–Crippen MR) is 224 cm³/mol. The summed E-state index contributed by atoms with van der Waals surface area (Å²) in [6.45, 7) is -0.142. The van der Waals surface area contributed by atoms with Crippen molar-refractivity contribution in [1.82, 2.24) is 14.9 Å². The van der Waals surface area contributed by atoms with E-state index < -0.39 is 35.3 Å². The first-order chi connectivity index (χ1) is 29.2. The van der Waals surface area contributed by atoms with E-state index in [-0.39, 0.29) is 43.2 Å². The Bertz CT molecular complexity index is 2550. The van der Waals surface area contributed by atoms with Gasteiger partial charge in [0.05, 0.1) is 39.9 Å². The Labute approximate surface area is 346 Å². The monoisotopic (exact) mass is 805 g/mol. The van der Waals surface area contributed by atoms with Crippen molar-refractivity contribution in [3.05, 3.63) is 199 Å². The lowest BCUT2D eigenvalue weighted by atomic mass is 9.80. The third kappa shape index (κ3) is 9.14. The molecular weight excluding hydrogens is 763 g/mol. The minimum Gasteiger partial charge on any atom is -0.497 e. The minimum atomic E-state index is -1.17. The fourth-order valence-electron chi connectivity index (χ4n) is 7.17. The topological polar surface area (TPSA) is 158 Å². The van der Waals surface area contributed by atoms with Gasteiger partial charge in [0.2, 0.25) is 5.91 Å². The van der Waals surface area contributed by atoms with E-state index in [2.05, 4.69) is 22.1 Å². The van der Waals surface area contributed by atoms with Crippen LogP contribution in [0.4, 0.5) is 0 Å². The molecule has 2 heterocycles. The summed E-state index contributed by atoms with van der Waals surface area (Å²) in [5.41, 5.74) is 1.60. The molecule has 60 heavy (non-hydrogen) atoms. The molecule has 1 amide bonds. The molecule has 0 aliphatic carbocycles. The number of nitrogens with one attached hydrogen (secondary N) is 2. The number of carbonyl (C=O) groups is 2. The lowest BCUT2D eigenvalue weighted by Gasteiger charge is -2.37. The van der Waals surface area contributed by atoms with Gasteiger partial charge in [-0.05, 0) is 46.5 Å². The molecule has 0 bridgehead atoms. The van der Waals surface area contributed by atoms with Gasteiger partial charge in [-0.3, -0.25) is 23.9 Å². The Morgan fingerprint density at radius 3 is 1.97 bits per heavy atom. The van der Waals surface area contributed by atoms with Gasteiger partial charge in [-0.2, -0.15) is 0 Å². The van der Waals surface area contributed by atoms with Gasteiger partial charge in [-0.25, -0.2) is 4.79 Å². The molecule has 6 aromatic rings. The van der Waals surface area contributed by atoms with Crippen LogP contribution < -0.4 is 26.0 Å². The van der Waals surface area contributed by atoms with Crippen LogP contribution in [-0.4, -0.2) is 65.9 Å². The number of H-pyrrole nitrogens is 1. The van der Waals surface area contributed by atoms with Crippen LogP contribution in [0.15, 0.2) is 149 Å². The standard InChI is InChI=1S/C48H43N3O9/c1-57-39-23-19-37(20-24-39)48(36-13-7-4-8-14-36,38-21-25-40(58-2)26-22-38)59-31-42-41(52)29-44(60-42)51-30-35(46(55)50-47(51)56)12-9-27-49-43(53)28-32-15-17-34(18-16-32)45(54)33-10-5-3-6-11-33/h3-8,10-11,13-26,30,41-42,44,52H,27-29,31H2,1-2H3,(H,49,53)(H,50,55,56)/t41-,42+,44+/m0/s1. The maximum Gasteiger partial charge on any atom is 0.330 e. The average Bonchev–Trinajstić information content (AvgIpc) is 3.66. The van der Waals surface area contributed by atoms with Gasteiger partial charge in [0.25, 0.3) is 5.56 Å². The number of methoxy groups -OCH3 is 2. The molecular formula is C48H43N3O9. The van der Waals surface area contributed by atoms with Gasteiger partial charge < -0.3 is 29.4 Å². The normalized spacial score (nSPS) is 16.0. The molecule has 0 saturated carbocycles. The largest absolute Gasteiger partial charge is 0.497 e. The zero-order chi connectivity index (χ0) is 42.1. The van der Waals surface area contributed by atoms with Crippen molar-refractivity contribution in [2.24, 2.45) is 0 Å². The van der Waals surface area contributed by atoms with Gasteiger partial charge in [0.1, 0.15) is 35.0 Å². The molecule has 12 heteroatoms. The second-order valence-corrected chi connectivity index (χ2v) is 14.1. The first-order valence-corrected chi connectivity index (χ1v) is 19.3. The van der Waals surface area contributed by atoms with Crippen molar-refractivity contribution in [2.45, 2.75) is 36.9 Å². The quantitative estimate of drug-likeness (QED) is 0.0770. The highest BCUT2D eigenvalue weighted by atomic mass is 16.6. The summed E-state index contributed by atoms with van der Waals surface area (Å²) in [6.07, 6.45) is -1.45. The van der Waals surface area contributed by atoms with E-state index in [4.69, 9.17) is 18.9 Å². The van der Waals surface area contributed by atoms with E-state index in [1.807, 2.05) is 84.9 Å². The van der Waals surface area contributed by atoms with Crippen LogP contribution in [0.25, 0.3) is 0 Å². The highest BCUT2D eigenvalue weighted by molar-refractivity contribution is 6.09. The second-order valence-electron chi connectivity index (χ2n) is 14.1. The first kappa shape index (κ1) is 41.1. The van der Waals surface area contributed by atoms with Crippen molar-refractivity contribution in [2.75, 3.05) is 27.4 Å². The third-order valence-corrected chi connectivity index (χ3v) is 10.3. The minimum absolute atomic E-state index is 0.0255. The van der Waals surface area contributed by atoms with Crippen molar-refractivity contribution in [3.8, 4) is 23.3 Å². The van der Waals surface area contributed by atoms with E-state index in [9.17, 15) is 24.3 Å². The molecule has 1 aliphatic rings. The Morgan fingerprint density at radius 1 is 0.800 bits per heavy atom. The zero-order valence-electron chi connectivity index (χ0n) is 33.0.